The highest BCUT2D eigenvalue weighted by Crippen LogP contribution is 2.28. The Kier molecular flexibility index (Phi) is 2.65. The lowest BCUT2D eigenvalue weighted by Gasteiger charge is -2.15. The van der Waals surface area contributed by atoms with E-state index in [1.807, 2.05) is 0 Å². The first-order valence-corrected chi connectivity index (χ1v) is 4.01. The smallest absolute Gasteiger partial charge is 0.164 e. The second-order valence-electron chi connectivity index (χ2n) is 3.30. The molecule has 0 saturated carbocycles. The Morgan fingerprint density at radius 3 is 2.67 bits per heavy atom. The third-order valence-electron chi connectivity index (χ3n) is 1.75. The van der Waals surface area contributed by atoms with Gasteiger partial charge in [-0.2, -0.15) is 0 Å². The summed E-state index contributed by atoms with van der Waals surface area (Å²) in [6.45, 7) is 7.19. The lowest BCUT2D eigenvalue weighted by Crippen LogP contribution is -2.23. The second-order valence-corrected chi connectivity index (χ2v) is 3.30. The summed E-state index contributed by atoms with van der Waals surface area (Å²) in [6, 6.07) is 0. The minimum Gasteiger partial charge on any atom is -0.344 e. The molecule has 0 bridgehead atoms. The van der Waals surface area contributed by atoms with Crippen LogP contribution in [0.25, 0.3) is 0 Å². The van der Waals surface area contributed by atoms with Crippen LogP contribution in [-0.4, -0.2) is 24.3 Å². The number of ether oxygens (including phenoxy) is 2. The Labute approximate surface area is 72.4 Å². The Balaban J connectivity index is 2.62. The lowest BCUT2D eigenvalue weighted by atomic mass is 10.1. The van der Waals surface area contributed by atoms with Gasteiger partial charge in [0, 0.05) is 0 Å². The summed E-state index contributed by atoms with van der Waals surface area (Å²) in [4.78, 5) is 10.5. The van der Waals surface area contributed by atoms with Crippen LogP contribution >= 0.6 is 0 Å². The van der Waals surface area contributed by atoms with E-state index in [1.165, 1.54) is 0 Å². The summed E-state index contributed by atoms with van der Waals surface area (Å²) in [5.41, 5.74) is 0. The number of hydrogen-bond donors (Lipinski definition) is 0. The molecule has 0 aliphatic carbocycles. The predicted molar refractivity (Wildman–Crippen MR) is 44.7 cm³/mol. The number of hydrogen-bond acceptors (Lipinski definition) is 3. The van der Waals surface area contributed by atoms with Gasteiger partial charge in [-0.3, -0.25) is 0 Å². The third-order valence-corrected chi connectivity index (χ3v) is 1.75. The minimum atomic E-state index is -0.640. The molecule has 0 aromatic heterocycles. The van der Waals surface area contributed by atoms with Crippen LogP contribution < -0.4 is 0 Å². The van der Waals surface area contributed by atoms with Gasteiger partial charge in [0.25, 0.3) is 0 Å². The third kappa shape index (κ3) is 1.93. The highest BCUT2D eigenvalue weighted by atomic mass is 16.8. The standard InChI is InChI=1S/C9H14O3/c1-4-5-7-8(6-10)12-9(2,3)11-7/h4,6-8H,1,5H2,2-3H3/t7-,8+/m0/s1. The van der Waals surface area contributed by atoms with Crippen LogP contribution in [0.1, 0.15) is 20.3 Å². The SMILES string of the molecule is C=CC[C@@H]1OC(C)(C)O[C@@H]1C=O. The molecular weight excluding hydrogens is 156 g/mol. The Hall–Kier alpha value is -0.670. The molecule has 0 N–H and O–H groups in total. The van der Waals surface area contributed by atoms with Gasteiger partial charge in [-0.25, -0.2) is 0 Å². The zero-order valence-electron chi connectivity index (χ0n) is 7.45. The molecule has 1 saturated heterocycles. The van der Waals surface area contributed by atoms with Gasteiger partial charge in [0.15, 0.2) is 12.1 Å². The van der Waals surface area contributed by atoms with Crippen molar-refractivity contribution >= 4 is 6.29 Å². The van der Waals surface area contributed by atoms with E-state index in [4.69, 9.17) is 9.47 Å². The van der Waals surface area contributed by atoms with Gasteiger partial charge in [0.2, 0.25) is 0 Å². The maximum atomic E-state index is 10.5. The highest BCUT2D eigenvalue weighted by molar-refractivity contribution is 5.57. The van der Waals surface area contributed by atoms with E-state index < -0.39 is 11.9 Å². The van der Waals surface area contributed by atoms with E-state index in [0.29, 0.717) is 6.42 Å². The quantitative estimate of drug-likeness (QED) is 0.473. The molecule has 1 heterocycles. The van der Waals surface area contributed by atoms with Crippen LogP contribution in [0.3, 0.4) is 0 Å². The van der Waals surface area contributed by atoms with Crippen LogP contribution in [0.5, 0.6) is 0 Å². The Morgan fingerprint density at radius 2 is 2.17 bits per heavy atom. The van der Waals surface area contributed by atoms with Crippen molar-refractivity contribution in [2.45, 2.75) is 38.3 Å². The molecule has 0 unspecified atom stereocenters. The molecule has 1 rings (SSSR count). The predicted octanol–water partition coefficient (Wildman–Crippen LogP) is 1.28. The Bertz CT molecular complexity index is 186. The normalized spacial score (nSPS) is 33.2. The largest absolute Gasteiger partial charge is 0.344 e. The van der Waals surface area contributed by atoms with Crippen molar-refractivity contribution in [3.63, 3.8) is 0 Å². The van der Waals surface area contributed by atoms with E-state index in [9.17, 15) is 4.79 Å². The lowest BCUT2D eigenvalue weighted by molar-refractivity contribution is -0.149. The van der Waals surface area contributed by atoms with Gasteiger partial charge in [-0.15, -0.1) is 6.58 Å². The summed E-state index contributed by atoms with van der Waals surface area (Å²) < 4.78 is 10.8. The molecule has 0 radical (unpaired) electrons. The summed E-state index contributed by atoms with van der Waals surface area (Å²) in [6.07, 6.45) is 2.54. The second kappa shape index (κ2) is 3.37. The van der Waals surface area contributed by atoms with Crippen LogP contribution in [-0.2, 0) is 14.3 Å². The molecule has 0 aromatic rings. The first-order chi connectivity index (χ1) is 5.59. The maximum absolute atomic E-state index is 10.5. The summed E-state index contributed by atoms with van der Waals surface area (Å²) in [5.74, 6) is -0.640. The topological polar surface area (TPSA) is 35.5 Å². The monoisotopic (exact) mass is 170 g/mol. The van der Waals surface area contributed by atoms with Crippen LogP contribution in [0.4, 0.5) is 0 Å². The first kappa shape index (κ1) is 9.42. The molecule has 68 valence electrons. The molecule has 0 spiro atoms. The fourth-order valence-electron chi connectivity index (χ4n) is 1.32. The van der Waals surface area contributed by atoms with Crippen molar-refractivity contribution in [2.24, 2.45) is 0 Å². The summed E-state index contributed by atoms with van der Waals surface area (Å²) in [7, 11) is 0. The maximum Gasteiger partial charge on any atom is 0.164 e. The average molecular weight is 170 g/mol. The minimum absolute atomic E-state index is 0.171. The fourth-order valence-corrected chi connectivity index (χ4v) is 1.32. The van der Waals surface area contributed by atoms with Gasteiger partial charge in [0.05, 0.1) is 6.10 Å². The molecule has 2 atom stereocenters. The molecule has 0 aromatic carbocycles. The molecule has 1 fully saturated rings. The fraction of sp³-hybridized carbons (Fsp3) is 0.667. The zero-order chi connectivity index (χ0) is 9.19. The number of carbonyl (C=O) groups is 1. The molecular formula is C9H14O3. The van der Waals surface area contributed by atoms with Gasteiger partial charge in [-0.05, 0) is 20.3 Å². The number of rotatable bonds is 3. The van der Waals surface area contributed by atoms with Crippen molar-refractivity contribution in [1.82, 2.24) is 0 Å². The molecule has 12 heavy (non-hydrogen) atoms. The van der Waals surface area contributed by atoms with Crippen molar-refractivity contribution < 1.29 is 14.3 Å². The molecule has 0 amide bonds. The number of aldehydes is 1. The molecule has 3 heteroatoms. The van der Waals surface area contributed by atoms with Crippen molar-refractivity contribution in [3.05, 3.63) is 12.7 Å². The van der Waals surface area contributed by atoms with Crippen LogP contribution in [0.15, 0.2) is 12.7 Å². The van der Waals surface area contributed by atoms with Crippen molar-refractivity contribution in [2.75, 3.05) is 0 Å². The highest BCUT2D eigenvalue weighted by Gasteiger charge is 2.40. The van der Waals surface area contributed by atoms with E-state index >= 15 is 0 Å². The van der Waals surface area contributed by atoms with Crippen molar-refractivity contribution in [1.29, 1.82) is 0 Å². The summed E-state index contributed by atoms with van der Waals surface area (Å²) in [5, 5.41) is 0. The van der Waals surface area contributed by atoms with Gasteiger partial charge >= 0.3 is 0 Å². The molecule has 1 aliphatic heterocycles. The van der Waals surface area contributed by atoms with E-state index in [1.54, 1.807) is 19.9 Å². The van der Waals surface area contributed by atoms with E-state index in [-0.39, 0.29) is 6.10 Å². The first-order valence-electron chi connectivity index (χ1n) is 4.01. The van der Waals surface area contributed by atoms with Gasteiger partial charge in [0.1, 0.15) is 6.10 Å². The average Bonchev–Trinajstić information content (AvgIpc) is 2.26. The van der Waals surface area contributed by atoms with Crippen molar-refractivity contribution in [3.8, 4) is 0 Å². The van der Waals surface area contributed by atoms with Gasteiger partial charge < -0.3 is 14.3 Å². The van der Waals surface area contributed by atoms with E-state index in [0.717, 1.165) is 6.29 Å². The molecule has 3 nitrogen and oxygen atoms in total. The number of carbonyl (C=O) groups excluding carboxylic acids is 1. The van der Waals surface area contributed by atoms with Crippen LogP contribution in [0.2, 0.25) is 0 Å². The Morgan fingerprint density at radius 1 is 1.50 bits per heavy atom. The van der Waals surface area contributed by atoms with E-state index in [2.05, 4.69) is 6.58 Å². The zero-order valence-corrected chi connectivity index (χ0v) is 7.45. The van der Waals surface area contributed by atoms with Gasteiger partial charge in [-0.1, -0.05) is 6.08 Å². The molecule has 1 aliphatic rings. The van der Waals surface area contributed by atoms with Crippen LogP contribution in [0, 0.1) is 0 Å². The summed E-state index contributed by atoms with van der Waals surface area (Å²) >= 11 is 0.